The quantitative estimate of drug-likeness (QED) is 0.805. The lowest BCUT2D eigenvalue weighted by Crippen LogP contribution is -2.47. The lowest BCUT2D eigenvalue weighted by atomic mass is 9.91. The van der Waals surface area contributed by atoms with Crippen LogP contribution in [0.2, 0.25) is 0 Å². The van der Waals surface area contributed by atoms with Crippen LogP contribution in [-0.4, -0.2) is 36.1 Å². The van der Waals surface area contributed by atoms with Crippen LogP contribution in [0.15, 0.2) is 0 Å². The molecule has 1 fully saturated rings. The van der Waals surface area contributed by atoms with Gasteiger partial charge < -0.3 is 10.2 Å². The fourth-order valence-corrected chi connectivity index (χ4v) is 2.86. The molecule has 0 saturated heterocycles. The summed E-state index contributed by atoms with van der Waals surface area (Å²) >= 11 is 0. The number of nitrogens with one attached hydrogen (secondary N) is 1. The second-order valence-electron chi connectivity index (χ2n) is 7.31. The van der Waals surface area contributed by atoms with Crippen LogP contribution < -0.4 is 5.32 Å². The van der Waals surface area contributed by atoms with Crippen molar-refractivity contribution < 1.29 is 0 Å². The first-order valence-corrected chi connectivity index (χ1v) is 7.78. The Labute approximate surface area is 115 Å². The van der Waals surface area contributed by atoms with E-state index in [0.717, 1.165) is 12.6 Å². The van der Waals surface area contributed by atoms with Gasteiger partial charge in [0, 0.05) is 17.6 Å². The van der Waals surface area contributed by atoms with Gasteiger partial charge in [0.25, 0.3) is 0 Å². The summed E-state index contributed by atoms with van der Waals surface area (Å²) in [5.74, 6) is 0.705. The molecule has 1 rings (SSSR count). The number of rotatable bonds is 5. The smallest absolute Gasteiger partial charge is 0.0105 e. The van der Waals surface area contributed by atoms with Crippen LogP contribution in [0.5, 0.6) is 0 Å². The molecule has 0 aromatic rings. The van der Waals surface area contributed by atoms with E-state index >= 15 is 0 Å². The monoisotopic (exact) mass is 254 g/mol. The Kier molecular flexibility index (Phi) is 6.13. The van der Waals surface area contributed by atoms with E-state index in [2.05, 4.69) is 51.9 Å². The SMILES string of the molecule is CC(CNC(C)(C)C)C(C)N(C)C1CCCCC1. The molecule has 1 aliphatic carbocycles. The van der Waals surface area contributed by atoms with E-state index in [1.54, 1.807) is 0 Å². The van der Waals surface area contributed by atoms with Gasteiger partial charge in [-0.3, -0.25) is 0 Å². The van der Waals surface area contributed by atoms with E-state index in [0.29, 0.717) is 12.0 Å². The van der Waals surface area contributed by atoms with Gasteiger partial charge in [0.1, 0.15) is 0 Å². The Balaban J connectivity index is 2.39. The molecule has 0 aliphatic heterocycles. The van der Waals surface area contributed by atoms with Crippen molar-refractivity contribution >= 4 is 0 Å². The minimum absolute atomic E-state index is 0.234. The van der Waals surface area contributed by atoms with E-state index in [9.17, 15) is 0 Å². The summed E-state index contributed by atoms with van der Waals surface area (Å²) in [7, 11) is 2.33. The fourth-order valence-electron chi connectivity index (χ4n) is 2.86. The van der Waals surface area contributed by atoms with Crippen molar-refractivity contribution in [1.82, 2.24) is 10.2 Å². The first-order valence-electron chi connectivity index (χ1n) is 7.78. The molecule has 1 aliphatic rings. The minimum atomic E-state index is 0.234. The number of nitrogens with zero attached hydrogens (tertiary/aromatic N) is 1. The van der Waals surface area contributed by atoms with Gasteiger partial charge >= 0.3 is 0 Å². The van der Waals surface area contributed by atoms with Crippen LogP contribution in [0.3, 0.4) is 0 Å². The van der Waals surface area contributed by atoms with Gasteiger partial charge in [-0.1, -0.05) is 26.2 Å². The fraction of sp³-hybridized carbons (Fsp3) is 1.00. The third-order valence-electron chi connectivity index (χ3n) is 4.57. The summed E-state index contributed by atoms with van der Waals surface area (Å²) in [5.41, 5.74) is 0.234. The largest absolute Gasteiger partial charge is 0.312 e. The normalized spacial score (nSPS) is 22.2. The molecule has 2 atom stereocenters. The van der Waals surface area contributed by atoms with Crippen molar-refractivity contribution in [2.45, 2.75) is 84.3 Å². The summed E-state index contributed by atoms with van der Waals surface area (Å²) in [6.07, 6.45) is 7.10. The summed E-state index contributed by atoms with van der Waals surface area (Å²) in [4.78, 5) is 2.63. The molecule has 0 aromatic carbocycles. The Morgan fingerprint density at radius 1 is 1.11 bits per heavy atom. The van der Waals surface area contributed by atoms with Crippen LogP contribution in [0.25, 0.3) is 0 Å². The number of hydrogen-bond acceptors (Lipinski definition) is 2. The first kappa shape index (κ1) is 16.0. The zero-order valence-electron chi connectivity index (χ0n) is 13.4. The molecule has 1 N–H and O–H groups in total. The molecule has 18 heavy (non-hydrogen) atoms. The third kappa shape index (κ3) is 5.27. The van der Waals surface area contributed by atoms with Gasteiger partial charge in [-0.2, -0.15) is 0 Å². The topological polar surface area (TPSA) is 15.3 Å². The maximum atomic E-state index is 3.63. The number of hydrogen-bond donors (Lipinski definition) is 1. The summed E-state index contributed by atoms with van der Waals surface area (Å²) in [6.45, 7) is 12.6. The second-order valence-corrected chi connectivity index (χ2v) is 7.31. The average molecular weight is 254 g/mol. The standard InChI is InChI=1S/C16H34N2/c1-13(12-17-16(3,4)5)14(2)18(6)15-10-8-7-9-11-15/h13-15,17H,7-12H2,1-6H3. The molecule has 0 aromatic heterocycles. The van der Waals surface area contributed by atoms with Gasteiger partial charge in [-0.05, 0) is 60.0 Å². The van der Waals surface area contributed by atoms with Gasteiger partial charge in [-0.15, -0.1) is 0 Å². The second kappa shape index (κ2) is 6.91. The maximum absolute atomic E-state index is 3.63. The molecular weight excluding hydrogens is 220 g/mol. The molecule has 108 valence electrons. The van der Waals surface area contributed by atoms with E-state index < -0.39 is 0 Å². The van der Waals surface area contributed by atoms with Crippen molar-refractivity contribution in [3.63, 3.8) is 0 Å². The Bertz CT molecular complexity index is 226. The summed E-state index contributed by atoms with van der Waals surface area (Å²) < 4.78 is 0. The third-order valence-corrected chi connectivity index (χ3v) is 4.57. The van der Waals surface area contributed by atoms with Crippen molar-refractivity contribution in [3.05, 3.63) is 0 Å². The summed E-state index contributed by atoms with van der Waals surface area (Å²) in [5, 5.41) is 3.63. The van der Waals surface area contributed by atoms with Crippen molar-refractivity contribution in [2.75, 3.05) is 13.6 Å². The van der Waals surface area contributed by atoms with E-state index in [4.69, 9.17) is 0 Å². The molecule has 1 saturated carbocycles. The Morgan fingerprint density at radius 2 is 1.67 bits per heavy atom. The predicted octanol–water partition coefficient (Wildman–Crippen LogP) is 3.66. The van der Waals surface area contributed by atoms with Gasteiger partial charge in [0.2, 0.25) is 0 Å². The van der Waals surface area contributed by atoms with E-state index in [1.807, 2.05) is 0 Å². The van der Waals surface area contributed by atoms with Gasteiger partial charge in [-0.25, -0.2) is 0 Å². The van der Waals surface area contributed by atoms with Gasteiger partial charge in [0.15, 0.2) is 0 Å². The van der Waals surface area contributed by atoms with E-state index in [-0.39, 0.29) is 5.54 Å². The van der Waals surface area contributed by atoms with Gasteiger partial charge in [0.05, 0.1) is 0 Å². The molecule has 0 radical (unpaired) electrons. The zero-order chi connectivity index (χ0) is 13.8. The summed E-state index contributed by atoms with van der Waals surface area (Å²) in [6, 6.07) is 1.49. The van der Waals surface area contributed by atoms with Crippen molar-refractivity contribution in [3.8, 4) is 0 Å². The van der Waals surface area contributed by atoms with Crippen LogP contribution in [0.4, 0.5) is 0 Å². The lowest BCUT2D eigenvalue weighted by Gasteiger charge is -2.39. The van der Waals surface area contributed by atoms with Crippen LogP contribution in [-0.2, 0) is 0 Å². The highest BCUT2D eigenvalue weighted by molar-refractivity contribution is 4.82. The zero-order valence-corrected chi connectivity index (χ0v) is 13.4. The average Bonchev–Trinajstić information content (AvgIpc) is 2.34. The molecule has 0 spiro atoms. The molecule has 0 heterocycles. The van der Waals surface area contributed by atoms with Crippen LogP contribution >= 0.6 is 0 Å². The van der Waals surface area contributed by atoms with Crippen LogP contribution in [0, 0.1) is 5.92 Å². The molecule has 2 nitrogen and oxygen atoms in total. The van der Waals surface area contributed by atoms with Crippen molar-refractivity contribution in [1.29, 1.82) is 0 Å². The Hall–Kier alpha value is -0.0800. The van der Waals surface area contributed by atoms with E-state index in [1.165, 1.54) is 32.1 Å². The lowest BCUT2D eigenvalue weighted by molar-refractivity contribution is 0.110. The van der Waals surface area contributed by atoms with Crippen LogP contribution in [0.1, 0.15) is 66.7 Å². The maximum Gasteiger partial charge on any atom is 0.0105 e. The minimum Gasteiger partial charge on any atom is -0.312 e. The predicted molar refractivity (Wildman–Crippen MR) is 81.0 cm³/mol. The molecule has 2 unspecified atom stereocenters. The molecular formula is C16H34N2. The highest BCUT2D eigenvalue weighted by atomic mass is 15.2. The molecule has 2 heteroatoms. The first-order chi connectivity index (χ1) is 8.31. The highest BCUT2D eigenvalue weighted by Crippen LogP contribution is 2.24. The Morgan fingerprint density at radius 3 is 2.17 bits per heavy atom. The molecule has 0 amide bonds. The van der Waals surface area contributed by atoms with Crippen molar-refractivity contribution in [2.24, 2.45) is 5.92 Å². The highest BCUT2D eigenvalue weighted by Gasteiger charge is 2.25. The molecule has 0 bridgehead atoms.